The van der Waals surface area contributed by atoms with Crippen molar-refractivity contribution in [3.63, 3.8) is 0 Å². The zero-order chi connectivity index (χ0) is 14.9. The summed E-state index contributed by atoms with van der Waals surface area (Å²) in [6.45, 7) is -0.0283. The van der Waals surface area contributed by atoms with E-state index < -0.39 is 35.8 Å². The van der Waals surface area contributed by atoms with Gasteiger partial charge in [-0.05, 0) is 25.7 Å². The molecule has 2 aliphatic rings. The van der Waals surface area contributed by atoms with Crippen molar-refractivity contribution in [2.24, 2.45) is 17.8 Å². The molecule has 1 saturated heterocycles. The van der Waals surface area contributed by atoms with Gasteiger partial charge in [-0.25, -0.2) is 0 Å². The highest BCUT2D eigenvalue weighted by Gasteiger charge is 2.45. The molecule has 7 heteroatoms. The standard InChI is InChI=1S/C13H18F3NO3/c14-13(15,16)8-3-2-6-17(7-8)11(18)9-4-1-5-10(9)12(19)20/h8-10H,1-7H2,(H,19,20)/t8?,9-,10+/m1/s1. The van der Waals surface area contributed by atoms with E-state index in [4.69, 9.17) is 5.11 Å². The van der Waals surface area contributed by atoms with Crippen LogP contribution in [0.1, 0.15) is 32.1 Å². The van der Waals surface area contributed by atoms with Gasteiger partial charge in [-0.3, -0.25) is 9.59 Å². The fraction of sp³-hybridized carbons (Fsp3) is 0.846. The van der Waals surface area contributed by atoms with Crippen LogP contribution in [0.4, 0.5) is 13.2 Å². The number of hydrogen-bond acceptors (Lipinski definition) is 2. The van der Waals surface area contributed by atoms with Crippen molar-refractivity contribution in [2.45, 2.75) is 38.3 Å². The lowest BCUT2D eigenvalue weighted by atomic mass is 9.91. The van der Waals surface area contributed by atoms with Crippen LogP contribution in [0.2, 0.25) is 0 Å². The first-order valence-electron chi connectivity index (χ1n) is 6.89. The van der Waals surface area contributed by atoms with Gasteiger partial charge >= 0.3 is 12.1 Å². The van der Waals surface area contributed by atoms with Crippen LogP contribution in [-0.4, -0.2) is 41.1 Å². The number of hydrogen-bond donors (Lipinski definition) is 1. The van der Waals surface area contributed by atoms with E-state index in [0.29, 0.717) is 32.2 Å². The lowest BCUT2D eigenvalue weighted by Gasteiger charge is -2.35. The van der Waals surface area contributed by atoms with Gasteiger partial charge in [0.25, 0.3) is 0 Å². The largest absolute Gasteiger partial charge is 0.481 e. The SMILES string of the molecule is O=C(O)[C@H]1CCC[C@H]1C(=O)N1CCCC(C(F)(F)F)C1. The molecule has 20 heavy (non-hydrogen) atoms. The Kier molecular flexibility index (Phi) is 4.25. The van der Waals surface area contributed by atoms with E-state index in [2.05, 4.69) is 0 Å². The average Bonchev–Trinajstić information content (AvgIpc) is 2.86. The fourth-order valence-corrected chi connectivity index (χ4v) is 3.23. The van der Waals surface area contributed by atoms with E-state index in [1.165, 1.54) is 4.90 Å². The maximum Gasteiger partial charge on any atom is 0.393 e. The molecular formula is C13H18F3NO3. The zero-order valence-corrected chi connectivity index (χ0v) is 11.0. The molecule has 4 nitrogen and oxygen atoms in total. The molecular weight excluding hydrogens is 275 g/mol. The van der Waals surface area contributed by atoms with Gasteiger partial charge in [0.05, 0.1) is 17.8 Å². The third-order valence-corrected chi connectivity index (χ3v) is 4.35. The molecule has 0 aromatic carbocycles. The number of rotatable bonds is 2. The topological polar surface area (TPSA) is 57.6 Å². The van der Waals surface area contributed by atoms with E-state index in [1.807, 2.05) is 0 Å². The quantitative estimate of drug-likeness (QED) is 0.850. The maximum atomic E-state index is 12.7. The van der Waals surface area contributed by atoms with E-state index in [-0.39, 0.29) is 13.0 Å². The highest BCUT2D eigenvalue weighted by atomic mass is 19.4. The zero-order valence-electron chi connectivity index (χ0n) is 11.0. The first kappa shape index (κ1) is 15.1. The number of amides is 1. The Balaban J connectivity index is 2.03. The number of halogens is 3. The minimum atomic E-state index is -4.29. The number of piperidine rings is 1. The van der Waals surface area contributed by atoms with Gasteiger partial charge in [-0.1, -0.05) is 6.42 Å². The smallest absolute Gasteiger partial charge is 0.393 e. The van der Waals surface area contributed by atoms with Crippen molar-refractivity contribution in [3.05, 3.63) is 0 Å². The second-order valence-corrected chi connectivity index (χ2v) is 5.65. The van der Waals surface area contributed by atoms with Crippen LogP contribution in [0, 0.1) is 17.8 Å². The first-order valence-corrected chi connectivity index (χ1v) is 6.89. The Labute approximate surface area is 114 Å². The summed E-state index contributed by atoms with van der Waals surface area (Å²) in [5, 5.41) is 9.06. The molecule has 0 aromatic heterocycles. The van der Waals surface area contributed by atoms with E-state index in [1.54, 1.807) is 0 Å². The highest BCUT2D eigenvalue weighted by molar-refractivity contribution is 5.85. The normalized spacial score (nSPS) is 31.4. The summed E-state index contributed by atoms with van der Waals surface area (Å²) < 4.78 is 38.2. The van der Waals surface area contributed by atoms with Crippen LogP contribution in [0.25, 0.3) is 0 Å². The summed E-state index contributed by atoms with van der Waals surface area (Å²) in [4.78, 5) is 24.6. The number of likely N-dealkylation sites (tertiary alicyclic amines) is 1. The van der Waals surface area contributed by atoms with Crippen molar-refractivity contribution in [1.82, 2.24) is 4.90 Å². The van der Waals surface area contributed by atoms with E-state index in [9.17, 15) is 22.8 Å². The predicted molar refractivity (Wildman–Crippen MR) is 63.8 cm³/mol. The molecule has 1 unspecified atom stereocenters. The van der Waals surface area contributed by atoms with Gasteiger partial charge in [0.1, 0.15) is 0 Å². The molecule has 0 radical (unpaired) electrons. The molecule has 0 aromatic rings. The van der Waals surface area contributed by atoms with Gasteiger partial charge in [0.15, 0.2) is 0 Å². The van der Waals surface area contributed by atoms with Crippen LogP contribution in [0.3, 0.4) is 0 Å². The summed E-state index contributed by atoms with van der Waals surface area (Å²) in [6, 6.07) is 0. The van der Waals surface area contributed by atoms with Crippen LogP contribution in [0.15, 0.2) is 0 Å². The van der Waals surface area contributed by atoms with Gasteiger partial charge in [-0.2, -0.15) is 13.2 Å². The van der Waals surface area contributed by atoms with Crippen LogP contribution >= 0.6 is 0 Å². The monoisotopic (exact) mass is 293 g/mol. The number of carbonyl (C=O) groups is 2. The molecule has 1 aliphatic carbocycles. The number of carboxylic acids is 1. The Morgan fingerprint density at radius 3 is 2.30 bits per heavy atom. The lowest BCUT2D eigenvalue weighted by Crippen LogP contribution is -2.47. The Bertz CT molecular complexity index is 397. The lowest BCUT2D eigenvalue weighted by molar-refractivity contribution is -0.189. The van der Waals surface area contributed by atoms with Crippen molar-refractivity contribution >= 4 is 11.9 Å². The molecule has 1 heterocycles. The molecule has 1 saturated carbocycles. The first-order chi connectivity index (χ1) is 9.30. The summed E-state index contributed by atoms with van der Waals surface area (Å²) in [7, 11) is 0. The second kappa shape index (κ2) is 5.61. The third-order valence-electron chi connectivity index (χ3n) is 4.35. The Morgan fingerprint density at radius 1 is 1.05 bits per heavy atom. The van der Waals surface area contributed by atoms with Crippen molar-refractivity contribution in [3.8, 4) is 0 Å². The fourth-order valence-electron chi connectivity index (χ4n) is 3.23. The number of nitrogens with zero attached hydrogens (tertiary/aromatic N) is 1. The molecule has 1 N–H and O–H groups in total. The molecule has 2 fully saturated rings. The van der Waals surface area contributed by atoms with Crippen molar-refractivity contribution < 1.29 is 27.9 Å². The van der Waals surface area contributed by atoms with Gasteiger partial charge in [-0.15, -0.1) is 0 Å². The molecule has 0 spiro atoms. The third kappa shape index (κ3) is 3.07. The molecule has 114 valence electrons. The number of aliphatic carboxylic acids is 1. The number of carboxylic acid groups (broad SMARTS) is 1. The molecule has 1 aliphatic heterocycles. The predicted octanol–water partition coefficient (Wildman–Crippen LogP) is 2.29. The average molecular weight is 293 g/mol. The minimum Gasteiger partial charge on any atom is -0.481 e. The Morgan fingerprint density at radius 2 is 1.70 bits per heavy atom. The van der Waals surface area contributed by atoms with Gasteiger partial charge < -0.3 is 10.0 Å². The van der Waals surface area contributed by atoms with Crippen LogP contribution < -0.4 is 0 Å². The van der Waals surface area contributed by atoms with Crippen molar-refractivity contribution in [2.75, 3.05) is 13.1 Å². The molecule has 0 bridgehead atoms. The van der Waals surface area contributed by atoms with E-state index >= 15 is 0 Å². The second-order valence-electron chi connectivity index (χ2n) is 5.65. The van der Waals surface area contributed by atoms with Gasteiger partial charge in [0, 0.05) is 13.1 Å². The van der Waals surface area contributed by atoms with Crippen molar-refractivity contribution in [1.29, 1.82) is 0 Å². The van der Waals surface area contributed by atoms with Crippen LogP contribution in [-0.2, 0) is 9.59 Å². The summed E-state index contributed by atoms with van der Waals surface area (Å²) in [5.41, 5.74) is 0. The summed E-state index contributed by atoms with van der Waals surface area (Å²) in [6.07, 6.45) is -2.39. The molecule has 2 rings (SSSR count). The van der Waals surface area contributed by atoms with Crippen LogP contribution in [0.5, 0.6) is 0 Å². The minimum absolute atomic E-state index is 0.0420. The highest BCUT2D eigenvalue weighted by Crippen LogP contribution is 2.37. The maximum absolute atomic E-state index is 12.7. The Hall–Kier alpha value is -1.27. The number of carbonyl (C=O) groups excluding carboxylic acids is 1. The molecule has 3 atom stereocenters. The summed E-state index contributed by atoms with van der Waals surface area (Å²) in [5.74, 6) is -4.31. The van der Waals surface area contributed by atoms with Gasteiger partial charge in [0.2, 0.25) is 5.91 Å². The summed E-state index contributed by atoms with van der Waals surface area (Å²) >= 11 is 0. The number of alkyl halides is 3. The molecule has 1 amide bonds. The van der Waals surface area contributed by atoms with E-state index in [0.717, 1.165) is 0 Å².